The van der Waals surface area contributed by atoms with Crippen molar-refractivity contribution in [3.8, 4) is 5.75 Å². The molecule has 2 aromatic rings. The lowest BCUT2D eigenvalue weighted by molar-refractivity contribution is -0.127. The van der Waals surface area contributed by atoms with Gasteiger partial charge in [-0.3, -0.25) is 4.79 Å². The second kappa shape index (κ2) is 8.58. The zero-order valence-corrected chi connectivity index (χ0v) is 14.1. The van der Waals surface area contributed by atoms with Crippen molar-refractivity contribution in [2.45, 2.75) is 11.8 Å². The van der Waals surface area contributed by atoms with Gasteiger partial charge in [0.2, 0.25) is 5.91 Å². The molecule has 2 aromatic carbocycles. The van der Waals surface area contributed by atoms with Crippen LogP contribution in [0.2, 0.25) is 0 Å². The summed E-state index contributed by atoms with van der Waals surface area (Å²) in [6, 6.07) is 14.2. The summed E-state index contributed by atoms with van der Waals surface area (Å²) < 4.78 is 19.1. The molecule has 0 bridgehead atoms. The van der Waals surface area contributed by atoms with Crippen LogP contribution in [0.15, 0.2) is 53.4 Å². The summed E-state index contributed by atoms with van der Waals surface area (Å²) in [6.45, 7) is 2.93. The van der Waals surface area contributed by atoms with E-state index >= 15 is 0 Å². The molecule has 5 heteroatoms. The zero-order chi connectivity index (χ0) is 16.7. The van der Waals surface area contributed by atoms with E-state index in [9.17, 15) is 9.18 Å². The van der Waals surface area contributed by atoms with E-state index in [0.717, 1.165) is 5.75 Å². The Labute approximate surface area is 140 Å². The Morgan fingerprint density at radius 1 is 1.17 bits per heavy atom. The Bertz CT molecular complexity index is 646. The van der Waals surface area contributed by atoms with Crippen LogP contribution in [0.5, 0.6) is 5.75 Å². The molecule has 2 rings (SSSR count). The molecule has 0 fully saturated rings. The lowest BCUT2D eigenvalue weighted by Gasteiger charge is -2.17. The molecule has 0 radical (unpaired) electrons. The van der Waals surface area contributed by atoms with E-state index in [2.05, 4.69) is 0 Å². The first-order valence-electron chi connectivity index (χ1n) is 7.37. The van der Waals surface area contributed by atoms with Gasteiger partial charge in [-0.15, -0.1) is 11.8 Å². The third-order valence-electron chi connectivity index (χ3n) is 3.33. The predicted molar refractivity (Wildman–Crippen MR) is 91.4 cm³/mol. The van der Waals surface area contributed by atoms with Gasteiger partial charge in [0.25, 0.3) is 0 Å². The van der Waals surface area contributed by atoms with Crippen molar-refractivity contribution in [3.63, 3.8) is 0 Å². The number of aryl methyl sites for hydroxylation is 1. The van der Waals surface area contributed by atoms with E-state index in [4.69, 9.17) is 4.74 Å². The fourth-order valence-electron chi connectivity index (χ4n) is 1.87. The number of thioether (sulfide) groups is 1. The summed E-state index contributed by atoms with van der Waals surface area (Å²) in [5.74, 6) is 0.653. The van der Waals surface area contributed by atoms with Gasteiger partial charge in [-0.2, -0.15) is 0 Å². The number of amides is 1. The smallest absolute Gasteiger partial charge is 0.232 e. The molecule has 0 heterocycles. The molecule has 0 aliphatic rings. The van der Waals surface area contributed by atoms with E-state index < -0.39 is 0 Å². The van der Waals surface area contributed by atoms with Gasteiger partial charge in [0.1, 0.15) is 18.2 Å². The van der Waals surface area contributed by atoms with Crippen LogP contribution < -0.4 is 4.74 Å². The standard InChI is InChI=1S/C18H20FNO2S/c1-14-7-9-15(10-8-14)22-12-11-20(2)18(21)13-23-17-6-4-3-5-16(17)19/h3-10H,11-13H2,1-2H3. The van der Waals surface area contributed by atoms with Crippen molar-refractivity contribution in [2.24, 2.45) is 0 Å². The Balaban J connectivity index is 1.72. The van der Waals surface area contributed by atoms with Crippen LogP contribution in [0.4, 0.5) is 4.39 Å². The van der Waals surface area contributed by atoms with Gasteiger partial charge < -0.3 is 9.64 Å². The van der Waals surface area contributed by atoms with Crippen LogP contribution in [0.3, 0.4) is 0 Å². The predicted octanol–water partition coefficient (Wildman–Crippen LogP) is 3.76. The van der Waals surface area contributed by atoms with Gasteiger partial charge in [0.15, 0.2) is 0 Å². The lowest BCUT2D eigenvalue weighted by Crippen LogP contribution is -2.32. The van der Waals surface area contributed by atoms with Crippen LogP contribution in [-0.4, -0.2) is 36.8 Å². The first-order valence-corrected chi connectivity index (χ1v) is 8.35. The van der Waals surface area contributed by atoms with Gasteiger partial charge in [-0.1, -0.05) is 29.8 Å². The summed E-state index contributed by atoms with van der Waals surface area (Å²) in [4.78, 5) is 14.1. The largest absolute Gasteiger partial charge is 0.492 e. The van der Waals surface area contributed by atoms with Crippen molar-refractivity contribution in [1.29, 1.82) is 0 Å². The quantitative estimate of drug-likeness (QED) is 0.723. The Morgan fingerprint density at radius 3 is 2.57 bits per heavy atom. The first kappa shape index (κ1) is 17.3. The van der Waals surface area contributed by atoms with Gasteiger partial charge in [-0.25, -0.2) is 4.39 Å². The minimum Gasteiger partial charge on any atom is -0.492 e. The molecule has 23 heavy (non-hydrogen) atoms. The van der Waals surface area contributed by atoms with Crippen LogP contribution in [-0.2, 0) is 4.79 Å². The van der Waals surface area contributed by atoms with Gasteiger partial charge >= 0.3 is 0 Å². The number of carbonyl (C=O) groups is 1. The molecule has 122 valence electrons. The monoisotopic (exact) mass is 333 g/mol. The number of ether oxygens (including phenoxy) is 1. The minimum absolute atomic E-state index is 0.0502. The SMILES string of the molecule is Cc1ccc(OCCN(C)C(=O)CSc2ccccc2F)cc1. The number of halogens is 1. The zero-order valence-electron chi connectivity index (χ0n) is 13.3. The molecule has 0 atom stereocenters. The highest BCUT2D eigenvalue weighted by Gasteiger charge is 2.11. The second-order valence-electron chi connectivity index (χ2n) is 5.20. The Morgan fingerprint density at radius 2 is 1.87 bits per heavy atom. The van der Waals surface area contributed by atoms with Crippen molar-refractivity contribution in [2.75, 3.05) is 26.0 Å². The fraction of sp³-hybridized carbons (Fsp3) is 0.278. The molecule has 0 N–H and O–H groups in total. The highest BCUT2D eigenvalue weighted by molar-refractivity contribution is 8.00. The van der Waals surface area contributed by atoms with E-state index in [1.165, 1.54) is 23.4 Å². The van der Waals surface area contributed by atoms with Crippen LogP contribution in [0, 0.1) is 12.7 Å². The maximum Gasteiger partial charge on any atom is 0.232 e. The van der Waals surface area contributed by atoms with Crippen molar-refractivity contribution in [1.82, 2.24) is 4.90 Å². The van der Waals surface area contributed by atoms with Crippen molar-refractivity contribution >= 4 is 17.7 Å². The van der Waals surface area contributed by atoms with Crippen molar-refractivity contribution < 1.29 is 13.9 Å². The van der Waals surface area contributed by atoms with Crippen LogP contribution in [0.25, 0.3) is 0 Å². The summed E-state index contributed by atoms with van der Waals surface area (Å²) in [7, 11) is 1.72. The number of carbonyl (C=O) groups excluding carboxylic acids is 1. The number of hydrogen-bond donors (Lipinski definition) is 0. The van der Waals surface area contributed by atoms with Gasteiger partial charge in [-0.05, 0) is 31.2 Å². The van der Waals surface area contributed by atoms with E-state index in [1.807, 2.05) is 31.2 Å². The maximum atomic E-state index is 13.5. The summed E-state index contributed by atoms with van der Waals surface area (Å²) in [5.41, 5.74) is 1.18. The summed E-state index contributed by atoms with van der Waals surface area (Å²) >= 11 is 1.21. The number of benzene rings is 2. The lowest BCUT2D eigenvalue weighted by atomic mass is 10.2. The van der Waals surface area contributed by atoms with E-state index in [-0.39, 0.29) is 17.5 Å². The topological polar surface area (TPSA) is 29.5 Å². The third-order valence-corrected chi connectivity index (χ3v) is 4.36. The molecule has 0 spiro atoms. The number of rotatable bonds is 7. The minimum atomic E-state index is -0.296. The first-order chi connectivity index (χ1) is 11.1. The van der Waals surface area contributed by atoms with E-state index in [1.54, 1.807) is 30.1 Å². The molecule has 0 saturated heterocycles. The molecular formula is C18H20FNO2S. The molecule has 1 amide bonds. The van der Waals surface area contributed by atoms with Gasteiger partial charge in [0, 0.05) is 11.9 Å². The normalized spacial score (nSPS) is 10.4. The molecular weight excluding hydrogens is 313 g/mol. The average molecular weight is 333 g/mol. The summed E-state index contributed by atoms with van der Waals surface area (Å²) in [5, 5.41) is 0. The average Bonchev–Trinajstić information content (AvgIpc) is 2.55. The Hall–Kier alpha value is -2.01. The summed E-state index contributed by atoms with van der Waals surface area (Å²) in [6.07, 6.45) is 0. The molecule has 0 aliphatic carbocycles. The highest BCUT2D eigenvalue weighted by atomic mass is 32.2. The highest BCUT2D eigenvalue weighted by Crippen LogP contribution is 2.21. The molecule has 0 aliphatic heterocycles. The number of likely N-dealkylation sites (N-methyl/N-ethyl adjacent to an activating group) is 1. The molecule has 0 aromatic heterocycles. The number of nitrogens with zero attached hydrogens (tertiary/aromatic N) is 1. The molecule has 0 saturated carbocycles. The fourth-order valence-corrected chi connectivity index (χ4v) is 2.75. The number of hydrogen-bond acceptors (Lipinski definition) is 3. The van der Waals surface area contributed by atoms with Crippen LogP contribution >= 0.6 is 11.8 Å². The van der Waals surface area contributed by atoms with Crippen LogP contribution in [0.1, 0.15) is 5.56 Å². The molecule has 3 nitrogen and oxygen atoms in total. The van der Waals surface area contributed by atoms with Crippen molar-refractivity contribution in [3.05, 3.63) is 59.9 Å². The molecule has 0 unspecified atom stereocenters. The third kappa shape index (κ3) is 5.60. The second-order valence-corrected chi connectivity index (χ2v) is 6.21. The van der Waals surface area contributed by atoms with E-state index in [0.29, 0.717) is 18.0 Å². The van der Waals surface area contributed by atoms with Gasteiger partial charge in [0.05, 0.1) is 12.3 Å². The Kier molecular flexibility index (Phi) is 6.47. The maximum absolute atomic E-state index is 13.5.